The Hall–Kier alpha value is -3.11. The minimum absolute atomic E-state index is 0.166. The Bertz CT molecular complexity index is 1470. The highest BCUT2D eigenvalue weighted by molar-refractivity contribution is 14.1. The van der Waals surface area contributed by atoms with Crippen molar-refractivity contribution < 1.29 is 9.53 Å². The summed E-state index contributed by atoms with van der Waals surface area (Å²) in [5.74, 6) is 1.44. The van der Waals surface area contributed by atoms with E-state index < -0.39 is 0 Å². The van der Waals surface area contributed by atoms with Crippen LogP contribution < -0.4 is 15.4 Å². The average Bonchev–Trinajstić information content (AvgIpc) is 3.35. The van der Waals surface area contributed by atoms with E-state index in [-0.39, 0.29) is 11.4 Å². The first-order valence-corrected chi connectivity index (χ1v) is 15.2. The van der Waals surface area contributed by atoms with Gasteiger partial charge in [-0.3, -0.25) is 10.2 Å². The van der Waals surface area contributed by atoms with Crippen LogP contribution in [0.4, 0.5) is 16.3 Å². The highest BCUT2D eigenvalue weighted by Gasteiger charge is 2.22. The van der Waals surface area contributed by atoms with Crippen LogP contribution in [-0.4, -0.2) is 50.9 Å². The first-order valence-electron chi connectivity index (χ1n) is 13.9. The van der Waals surface area contributed by atoms with E-state index in [1.54, 1.807) is 4.68 Å². The van der Waals surface area contributed by atoms with E-state index in [1.807, 2.05) is 66.7 Å². The van der Waals surface area contributed by atoms with Crippen molar-refractivity contribution in [1.29, 1.82) is 0 Å². The van der Waals surface area contributed by atoms with Gasteiger partial charge in [0, 0.05) is 32.7 Å². The number of aromatic nitrogens is 2. The van der Waals surface area contributed by atoms with Gasteiger partial charge in [-0.2, -0.15) is 5.10 Å². The Morgan fingerprint density at radius 1 is 1.00 bits per heavy atom. The second-order valence-corrected chi connectivity index (χ2v) is 13.3. The maximum atomic E-state index is 13.3. The third-order valence-corrected chi connectivity index (χ3v) is 8.56. The number of amides is 2. The molecule has 0 saturated carbocycles. The fourth-order valence-corrected chi connectivity index (χ4v) is 5.46. The summed E-state index contributed by atoms with van der Waals surface area (Å²) in [5, 5.41) is 12.8. The largest absolute Gasteiger partial charge is 0.492 e. The van der Waals surface area contributed by atoms with Crippen molar-refractivity contribution in [3.63, 3.8) is 0 Å². The van der Waals surface area contributed by atoms with Crippen LogP contribution in [0.2, 0.25) is 0 Å². The van der Waals surface area contributed by atoms with Gasteiger partial charge >= 0.3 is 6.03 Å². The molecule has 40 heavy (non-hydrogen) atoms. The molecule has 0 aliphatic carbocycles. The molecule has 0 spiro atoms. The number of carbonyl (C=O) groups excluding carboxylic acids is 1. The van der Waals surface area contributed by atoms with Gasteiger partial charge < -0.3 is 10.1 Å². The minimum Gasteiger partial charge on any atom is -0.492 e. The van der Waals surface area contributed by atoms with Gasteiger partial charge in [-0.1, -0.05) is 85.3 Å². The fraction of sp³-hybridized carbons (Fsp3) is 0.375. The molecule has 1 aliphatic rings. The third kappa shape index (κ3) is 6.78. The zero-order chi connectivity index (χ0) is 28.3. The van der Waals surface area contributed by atoms with Crippen molar-refractivity contribution in [3.8, 4) is 11.4 Å². The van der Waals surface area contributed by atoms with Crippen LogP contribution >= 0.6 is 22.6 Å². The first-order chi connectivity index (χ1) is 19.2. The Kier molecular flexibility index (Phi) is 8.65. The summed E-state index contributed by atoms with van der Waals surface area (Å²) in [6.45, 7) is 12.2. The van der Waals surface area contributed by atoms with Gasteiger partial charge in [0.05, 0.1) is 17.1 Å². The topological polar surface area (TPSA) is 71.4 Å². The van der Waals surface area contributed by atoms with Crippen LogP contribution in [0.1, 0.15) is 44.9 Å². The Balaban J connectivity index is 1.31. The number of carbonyl (C=O) groups is 1. The standard InChI is InChI=1S/C32H38IN5O2/c1-22-9-11-24(12-10-22)38-30(21-29(36-38)32(2,3)4)35-31(39)34-27-13-14-28(26-8-6-5-7-25(26)27)40-20-19-37-17-15-23(33)16-18-37/h5-14,21,23H,15-20H2,1-4H3,(H2,34,35,39). The number of alkyl halides is 1. The summed E-state index contributed by atoms with van der Waals surface area (Å²) in [5.41, 5.74) is 3.51. The Labute approximate surface area is 250 Å². The third-order valence-electron chi connectivity index (χ3n) is 7.31. The van der Waals surface area contributed by atoms with Crippen molar-refractivity contribution in [2.24, 2.45) is 0 Å². The predicted octanol–water partition coefficient (Wildman–Crippen LogP) is 7.55. The molecule has 2 amide bonds. The van der Waals surface area contributed by atoms with E-state index in [0.29, 0.717) is 12.4 Å². The number of piperidine rings is 1. The van der Waals surface area contributed by atoms with Crippen LogP contribution in [-0.2, 0) is 5.41 Å². The summed E-state index contributed by atoms with van der Waals surface area (Å²) in [6, 6.07) is 21.6. The lowest BCUT2D eigenvalue weighted by molar-refractivity contribution is 0.188. The van der Waals surface area contributed by atoms with E-state index in [4.69, 9.17) is 9.84 Å². The van der Waals surface area contributed by atoms with Crippen LogP contribution in [0.25, 0.3) is 16.5 Å². The molecule has 3 aromatic carbocycles. The maximum absolute atomic E-state index is 13.3. The van der Waals surface area contributed by atoms with Gasteiger partial charge in [-0.25, -0.2) is 9.48 Å². The summed E-state index contributed by atoms with van der Waals surface area (Å²) in [6.07, 6.45) is 2.49. The second-order valence-electron chi connectivity index (χ2n) is 11.5. The lowest BCUT2D eigenvalue weighted by atomic mass is 9.92. The van der Waals surface area contributed by atoms with E-state index in [2.05, 4.69) is 65.8 Å². The smallest absolute Gasteiger partial charge is 0.324 e. The fourth-order valence-electron chi connectivity index (χ4n) is 4.91. The minimum atomic E-state index is -0.328. The number of nitrogens with one attached hydrogen (secondary N) is 2. The van der Waals surface area contributed by atoms with Gasteiger partial charge in [-0.15, -0.1) is 0 Å². The van der Waals surface area contributed by atoms with Crippen molar-refractivity contribution in [3.05, 3.63) is 78.0 Å². The summed E-state index contributed by atoms with van der Waals surface area (Å²) in [7, 11) is 0. The molecule has 0 bridgehead atoms. The molecule has 4 aromatic rings. The van der Waals surface area contributed by atoms with Crippen molar-refractivity contribution in [2.45, 2.75) is 49.9 Å². The number of aryl methyl sites for hydroxylation is 1. The number of fused-ring (bicyclic) bond motifs is 1. The molecule has 0 unspecified atom stereocenters. The summed E-state index contributed by atoms with van der Waals surface area (Å²) >= 11 is 2.55. The molecule has 5 rings (SSSR count). The number of likely N-dealkylation sites (tertiary alicyclic amines) is 1. The second kappa shape index (κ2) is 12.2. The van der Waals surface area contributed by atoms with Gasteiger partial charge in [0.1, 0.15) is 18.2 Å². The predicted molar refractivity (Wildman–Crippen MR) is 173 cm³/mol. The number of urea groups is 1. The molecule has 210 valence electrons. The van der Waals surface area contributed by atoms with Crippen LogP contribution in [0.3, 0.4) is 0 Å². The molecule has 2 N–H and O–H groups in total. The molecule has 1 aromatic heterocycles. The van der Waals surface area contributed by atoms with E-state index in [1.165, 1.54) is 18.4 Å². The van der Waals surface area contributed by atoms with E-state index >= 15 is 0 Å². The number of nitrogens with zero attached hydrogens (tertiary/aromatic N) is 3. The lowest BCUT2D eigenvalue weighted by Crippen LogP contribution is -2.36. The summed E-state index contributed by atoms with van der Waals surface area (Å²) < 4.78 is 8.81. The maximum Gasteiger partial charge on any atom is 0.324 e. The zero-order valence-corrected chi connectivity index (χ0v) is 25.9. The number of hydrogen-bond donors (Lipinski definition) is 2. The molecule has 1 saturated heterocycles. The number of ether oxygens (including phenoxy) is 1. The number of benzene rings is 3. The molecule has 0 radical (unpaired) electrons. The van der Waals surface area contributed by atoms with Crippen molar-refractivity contribution in [1.82, 2.24) is 14.7 Å². The molecule has 0 atom stereocenters. The average molecular weight is 652 g/mol. The van der Waals surface area contributed by atoms with Gasteiger partial charge in [0.25, 0.3) is 0 Å². The van der Waals surface area contributed by atoms with Crippen molar-refractivity contribution in [2.75, 3.05) is 36.9 Å². The quantitative estimate of drug-likeness (QED) is 0.160. The highest BCUT2D eigenvalue weighted by atomic mass is 127. The zero-order valence-electron chi connectivity index (χ0n) is 23.7. The Morgan fingerprint density at radius 3 is 2.40 bits per heavy atom. The van der Waals surface area contributed by atoms with Crippen LogP contribution in [0.5, 0.6) is 5.75 Å². The monoisotopic (exact) mass is 651 g/mol. The van der Waals surface area contributed by atoms with Crippen LogP contribution in [0.15, 0.2) is 66.7 Å². The molecule has 1 aliphatic heterocycles. The molecular weight excluding hydrogens is 613 g/mol. The SMILES string of the molecule is Cc1ccc(-n2nc(C(C)(C)C)cc2NC(=O)Nc2ccc(OCCN3CCC(I)CC3)c3ccccc23)cc1. The Morgan fingerprint density at radius 2 is 1.70 bits per heavy atom. The number of halogens is 1. The van der Waals surface area contributed by atoms with E-state index in [0.717, 1.165) is 57.1 Å². The number of hydrogen-bond acceptors (Lipinski definition) is 4. The van der Waals surface area contributed by atoms with Crippen molar-refractivity contribution >= 4 is 50.9 Å². The number of rotatable bonds is 7. The van der Waals surface area contributed by atoms with Gasteiger partial charge in [0.2, 0.25) is 0 Å². The first kappa shape index (κ1) is 28.4. The van der Waals surface area contributed by atoms with E-state index in [9.17, 15) is 4.79 Å². The molecule has 8 heteroatoms. The highest BCUT2D eigenvalue weighted by Crippen LogP contribution is 2.32. The molecular formula is C32H38IN5O2. The molecule has 1 fully saturated rings. The normalized spacial score (nSPS) is 14.8. The molecule has 2 heterocycles. The lowest BCUT2D eigenvalue weighted by Gasteiger charge is -2.29. The number of anilines is 2. The van der Waals surface area contributed by atoms with Gasteiger partial charge in [-0.05, 0) is 57.1 Å². The molecule has 7 nitrogen and oxygen atoms in total. The van der Waals surface area contributed by atoms with Crippen LogP contribution in [0, 0.1) is 6.92 Å². The van der Waals surface area contributed by atoms with Gasteiger partial charge in [0.15, 0.2) is 0 Å². The summed E-state index contributed by atoms with van der Waals surface area (Å²) in [4.78, 5) is 15.8.